The molecule has 1 aliphatic rings. The molecule has 1 aliphatic heterocycles. The summed E-state index contributed by atoms with van der Waals surface area (Å²) in [6.07, 6.45) is -4.87. The molecular weight excluding hydrogens is 369 g/mol. The normalized spacial score (nSPS) is 24.7. The Morgan fingerprint density at radius 2 is 1.89 bits per heavy atom. The van der Waals surface area contributed by atoms with E-state index in [1.165, 1.54) is 7.11 Å². The Morgan fingerprint density at radius 1 is 1.26 bits per heavy atom. The van der Waals surface area contributed by atoms with Gasteiger partial charge in [0.05, 0.1) is 20.3 Å². The molecule has 0 unspecified atom stereocenters. The van der Waals surface area contributed by atoms with Gasteiger partial charge in [0.1, 0.15) is 11.7 Å². The van der Waals surface area contributed by atoms with Crippen molar-refractivity contribution in [1.82, 2.24) is 14.8 Å². The molecule has 0 radical (unpaired) electrons. The van der Waals surface area contributed by atoms with Crippen LogP contribution in [0.25, 0.3) is 0 Å². The van der Waals surface area contributed by atoms with Crippen molar-refractivity contribution in [3.63, 3.8) is 0 Å². The number of carbonyl (C=O) groups is 1. The Labute approximate surface area is 151 Å². The van der Waals surface area contributed by atoms with Gasteiger partial charge in [0, 0.05) is 0 Å². The molecule has 0 saturated carbocycles. The van der Waals surface area contributed by atoms with Crippen LogP contribution in [0.15, 0.2) is 24.3 Å². The van der Waals surface area contributed by atoms with Crippen LogP contribution in [0.5, 0.6) is 5.75 Å². The third-order valence-electron chi connectivity index (χ3n) is 4.51. The molecule has 3 rings (SSSR count). The number of ether oxygens (including phenoxy) is 2. The molecule has 1 aromatic heterocycles. The molecule has 2 heterocycles. The van der Waals surface area contributed by atoms with Crippen LogP contribution in [0.4, 0.5) is 19.1 Å². The Hall–Kier alpha value is -2.82. The highest BCUT2D eigenvalue weighted by molar-refractivity contribution is 5.76. The lowest BCUT2D eigenvalue weighted by atomic mass is 9.83. The number of anilines is 1. The number of alkyl halides is 3. The van der Waals surface area contributed by atoms with Crippen LogP contribution in [0.2, 0.25) is 0 Å². The van der Waals surface area contributed by atoms with Gasteiger partial charge in [-0.1, -0.05) is 12.1 Å². The van der Waals surface area contributed by atoms with Crippen molar-refractivity contribution >= 4 is 11.9 Å². The van der Waals surface area contributed by atoms with Gasteiger partial charge in [-0.3, -0.25) is 9.36 Å². The third-order valence-corrected chi connectivity index (χ3v) is 4.51. The van der Waals surface area contributed by atoms with Crippen molar-refractivity contribution in [2.75, 3.05) is 19.5 Å². The molecule has 146 valence electrons. The van der Waals surface area contributed by atoms with Gasteiger partial charge < -0.3 is 19.9 Å². The molecule has 1 aromatic carbocycles. The summed E-state index contributed by atoms with van der Waals surface area (Å²) in [6.45, 7) is 1.09. The summed E-state index contributed by atoms with van der Waals surface area (Å²) in [5, 5.41) is 20.3. The van der Waals surface area contributed by atoms with Crippen LogP contribution in [0.1, 0.15) is 24.4 Å². The molecule has 0 saturated heterocycles. The predicted octanol–water partition coefficient (Wildman–Crippen LogP) is 1.93. The zero-order valence-electron chi connectivity index (χ0n) is 14.6. The zero-order chi connectivity index (χ0) is 20.0. The van der Waals surface area contributed by atoms with E-state index in [0.717, 1.165) is 14.0 Å². The molecule has 0 bridgehead atoms. The quantitative estimate of drug-likeness (QED) is 0.778. The Morgan fingerprint density at radius 3 is 2.41 bits per heavy atom. The van der Waals surface area contributed by atoms with Crippen LogP contribution >= 0.6 is 0 Å². The molecule has 2 aromatic rings. The van der Waals surface area contributed by atoms with E-state index in [0.29, 0.717) is 15.9 Å². The maximum Gasteiger partial charge on any atom is 0.451 e. The van der Waals surface area contributed by atoms with Gasteiger partial charge in [0.15, 0.2) is 5.72 Å². The van der Waals surface area contributed by atoms with Gasteiger partial charge in [0.25, 0.3) is 0 Å². The van der Waals surface area contributed by atoms with E-state index < -0.39 is 35.7 Å². The molecule has 11 heteroatoms. The van der Waals surface area contributed by atoms with E-state index >= 15 is 0 Å². The molecular formula is C16H17F3N4O4. The van der Waals surface area contributed by atoms with Crippen molar-refractivity contribution in [2.24, 2.45) is 5.92 Å². The van der Waals surface area contributed by atoms with Gasteiger partial charge in [-0.2, -0.15) is 13.2 Å². The van der Waals surface area contributed by atoms with E-state index in [2.05, 4.69) is 15.5 Å². The van der Waals surface area contributed by atoms with E-state index in [4.69, 9.17) is 9.47 Å². The smallest absolute Gasteiger partial charge is 0.451 e. The maximum absolute atomic E-state index is 13.3. The fourth-order valence-electron chi connectivity index (χ4n) is 3.24. The van der Waals surface area contributed by atoms with E-state index in [-0.39, 0.29) is 5.95 Å². The first-order valence-electron chi connectivity index (χ1n) is 7.85. The number of nitrogens with one attached hydrogen (secondary N) is 1. The summed E-state index contributed by atoms with van der Waals surface area (Å²) in [7, 11) is 2.58. The van der Waals surface area contributed by atoms with Gasteiger partial charge in [-0.25, -0.2) is 0 Å². The first-order valence-corrected chi connectivity index (χ1v) is 7.85. The van der Waals surface area contributed by atoms with Gasteiger partial charge >= 0.3 is 12.1 Å². The van der Waals surface area contributed by atoms with Crippen molar-refractivity contribution in [2.45, 2.75) is 24.9 Å². The second kappa shape index (κ2) is 6.41. The predicted molar refractivity (Wildman–Crippen MR) is 85.8 cm³/mol. The number of fused-ring (bicyclic) bond motifs is 1. The van der Waals surface area contributed by atoms with Gasteiger partial charge in [-0.15, -0.1) is 10.2 Å². The second-order valence-corrected chi connectivity index (χ2v) is 6.17. The summed E-state index contributed by atoms with van der Waals surface area (Å²) in [5.41, 5.74) is -1.78. The highest BCUT2D eigenvalue weighted by atomic mass is 19.4. The summed E-state index contributed by atoms with van der Waals surface area (Å²) in [4.78, 5) is 12.4. The third kappa shape index (κ3) is 3.07. The lowest BCUT2D eigenvalue weighted by Gasteiger charge is -2.42. The maximum atomic E-state index is 13.3. The van der Waals surface area contributed by atoms with Crippen LogP contribution in [-0.4, -0.2) is 40.1 Å². The Kier molecular flexibility index (Phi) is 4.50. The monoisotopic (exact) mass is 386 g/mol. The average Bonchev–Trinajstić information content (AvgIpc) is 3.06. The molecule has 27 heavy (non-hydrogen) atoms. The number of nitrogens with zero attached hydrogens (tertiary/aromatic N) is 3. The van der Waals surface area contributed by atoms with E-state index in [1.54, 1.807) is 24.3 Å². The first-order chi connectivity index (χ1) is 12.6. The zero-order valence-corrected chi connectivity index (χ0v) is 14.6. The lowest BCUT2D eigenvalue weighted by molar-refractivity contribution is -0.179. The number of methoxy groups -OCH3 is 2. The van der Waals surface area contributed by atoms with Crippen molar-refractivity contribution in [1.29, 1.82) is 0 Å². The molecule has 3 atom stereocenters. The summed E-state index contributed by atoms with van der Waals surface area (Å²) < 4.78 is 50.1. The number of benzene rings is 1. The molecule has 0 aliphatic carbocycles. The topological polar surface area (TPSA) is 98.5 Å². The fourth-order valence-corrected chi connectivity index (χ4v) is 3.24. The standard InChI is InChI=1S/C16H17F3N4O4/c1-15(25)10(12(24)27-3)11(8-4-6-9(26-2)7-5-8)20-14-22-21-13(23(14)15)16(17,18)19/h4-7,10-11,25H,1-3H3,(H,20,22)/t10-,11-,15+/m0/s1. The second-order valence-electron chi connectivity index (χ2n) is 6.17. The molecule has 0 amide bonds. The number of halogens is 3. The van der Waals surface area contributed by atoms with Crippen LogP contribution in [0, 0.1) is 5.92 Å². The van der Waals surface area contributed by atoms with Crippen molar-refractivity contribution in [3.8, 4) is 5.75 Å². The van der Waals surface area contributed by atoms with Crippen LogP contribution < -0.4 is 10.1 Å². The number of hydrogen-bond donors (Lipinski definition) is 2. The van der Waals surface area contributed by atoms with Crippen LogP contribution in [-0.2, 0) is 21.4 Å². The SMILES string of the molecule is COC(=O)[C@@H]1[C@H](c2ccc(OC)cc2)Nc2nnc(C(F)(F)F)n2[C@]1(C)O. The number of aromatic nitrogens is 3. The number of hydrogen-bond acceptors (Lipinski definition) is 7. The average molecular weight is 386 g/mol. The van der Waals surface area contributed by atoms with Gasteiger partial charge in [0.2, 0.25) is 11.8 Å². The van der Waals surface area contributed by atoms with Crippen molar-refractivity contribution in [3.05, 3.63) is 35.7 Å². The Balaban J connectivity index is 2.15. The van der Waals surface area contributed by atoms with Gasteiger partial charge in [-0.05, 0) is 24.6 Å². The van der Waals surface area contributed by atoms with E-state index in [1.807, 2.05) is 0 Å². The number of esters is 1. The lowest BCUT2D eigenvalue weighted by Crippen LogP contribution is -2.52. The highest BCUT2D eigenvalue weighted by Crippen LogP contribution is 2.45. The molecule has 8 nitrogen and oxygen atoms in total. The largest absolute Gasteiger partial charge is 0.497 e. The number of aliphatic hydroxyl groups is 1. The summed E-state index contributed by atoms with van der Waals surface area (Å²) >= 11 is 0. The number of carbonyl (C=O) groups excluding carboxylic acids is 1. The van der Waals surface area contributed by atoms with E-state index in [9.17, 15) is 23.1 Å². The minimum Gasteiger partial charge on any atom is -0.497 e. The fraction of sp³-hybridized carbons (Fsp3) is 0.438. The first kappa shape index (κ1) is 19.0. The molecule has 0 fully saturated rings. The minimum atomic E-state index is -4.87. The Bertz CT molecular complexity index is 848. The number of rotatable bonds is 3. The molecule has 0 spiro atoms. The van der Waals surface area contributed by atoms with Crippen LogP contribution in [0.3, 0.4) is 0 Å². The highest BCUT2D eigenvalue weighted by Gasteiger charge is 2.55. The summed E-state index contributed by atoms with van der Waals surface area (Å²) in [5.74, 6) is -3.47. The molecule has 2 N–H and O–H groups in total. The minimum absolute atomic E-state index is 0.312. The van der Waals surface area contributed by atoms with Crippen molar-refractivity contribution < 1.29 is 32.5 Å². The summed E-state index contributed by atoms with van der Waals surface area (Å²) in [6, 6.07) is 5.59.